The molecule has 2 aromatic rings. The molecule has 0 atom stereocenters. The first-order valence-electron chi connectivity index (χ1n) is 6.72. The molecule has 0 saturated heterocycles. The maximum Gasteiger partial charge on any atom is 0.303 e. The van der Waals surface area contributed by atoms with Gasteiger partial charge in [-0.25, -0.2) is 4.68 Å². The second-order valence-electron chi connectivity index (χ2n) is 4.74. The molecule has 0 aliphatic carbocycles. The molecule has 1 aromatic heterocycles. The van der Waals surface area contributed by atoms with Crippen LogP contribution < -0.4 is 0 Å². The molecule has 106 valence electrons. The molecule has 0 radical (unpaired) electrons. The molecule has 6 nitrogen and oxygen atoms in total. The van der Waals surface area contributed by atoms with E-state index >= 15 is 0 Å². The molecule has 0 bridgehead atoms. The van der Waals surface area contributed by atoms with E-state index in [9.17, 15) is 4.79 Å². The van der Waals surface area contributed by atoms with E-state index in [1.165, 1.54) is 0 Å². The van der Waals surface area contributed by atoms with Gasteiger partial charge in [0.2, 0.25) is 0 Å². The topological polar surface area (TPSA) is 80.9 Å². The number of rotatable bonds is 7. The summed E-state index contributed by atoms with van der Waals surface area (Å²) in [6, 6.07) is 7.98. The fourth-order valence-corrected chi connectivity index (χ4v) is 2.09. The predicted molar refractivity (Wildman–Crippen MR) is 74.1 cm³/mol. The van der Waals surface area contributed by atoms with E-state index in [0.29, 0.717) is 13.0 Å². The average molecular weight is 274 g/mol. The molecule has 1 N–H and O–H groups in total. The fraction of sp³-hybridized carbons (Fsp3) is 0.429. The Morgan fingerprint density at radius 3 is 2.80 bits per heavy atom. The summed E-state index contributed by atoms with van der Waals surface area (Å²) in [6.45, 7) is 2.73. The Morgan fingerprint density at radius 1 is 1.25 bits per heavy atom. The Labute approximate surface area is 117 Å². The average Bonchev–Trinajstić information content (AvgIpc) is 2.87. The normalized spacial score (nSPS) is 10.7. The second kappa shape index (κ2) is 6.79. The third kappa shape index (κ3) is 3.63. The van der Waals surface area contributed by atoms with Gasteiger partial charge in [0.05, 0.1) is 0 Å². The van der Waals surface area contributed by atoms with Gasteiger partial charge in [-0.1, -0.05) is 30.7 Å². The summed E-state index contributed by atoms with van der Waals surface area (Å²) in [5.74, 6) is 0.0226. The standard InChI is InChI=1S/C14H18N4O2/c1-11-7-4-5-8-12(11)14-15-16-17-18(14)10-6-2-3-9-13(19)20/h4-5,7-8H,2-3,6,9-10H2,1H3,(H,19,20). The minimum absolute atomic E-state index is 0.222. The number of carboxylic acid groups (broad SMARTS) is 1. The van der Waals surface area contributed by atoms with Crippen LogP contribution in [0.15, 0.2) is 24.3 Å². The first-order chi connectivity index (χ1) is 9.68. The molecule has 6 heteroatoms. The van der Waals surface area contributed by atoms with Crippen molar-refractivity contribution in [3.63, 3.8) is 0 Å². The largest absolute Gasteiger partial charge is 0.481 e. The minimum atomic E-state index is -0.743. The Hall–Kier alpha value is -2.24. The molecule has 0 saturated carbocycles. The highest BCUT2D eigenvalue weighted by Crippen LogP contribution is 2.20. The zero-order valence-electron chi connectivity index (χ0n) is 11.5. The van der Waals surface area contributed by atoms with Crippen molar-refractivity contribution in [2.45, 2.75) is 39.2 Å². The number of tetrazole rings is 1. The van der Waals surface area contributed by atoms with Crippen LogP contribution >= 0.6 is 0 Å². The number of hydrogen-bond acceptors (Lipinski definition) is 4. The first kappa shape index (κ1) is 14.2. The van der Waals surface area contributed by atoms with Gasteiger partial charge in [-0.05, 0) is 35.8 Å². The van der Waals surface area contributed by atoms with E-state index in [1.807, 2.05) is 31.2 Å². The van der Waals surface area contributed by atoms with Gasteiger partial charge >= 0.3 is 5.97 Å². The quantitative estimate of drug-likeness (QED) is 0.783. The van der Waals surface area contributed by atoms with Gasteiger partial charge in [-0.3, -0.25) is 4.79 Å². The van der Waals surface area contributed by atoms with Crippen LogP contribution in [0.5, 0.6) is 0 Å². The van der Waals surface area contributed by atoms with Crippen LogP contribution in [-0.2, 0) is 11.3 Å². The van der Waals surface area contributed by atoms with Gasteiger partial charge in [0.15, 0.2) is 5.82 Å². The molecule has 1 aromatic carbocycles. The lowest BCUT2D eigenvalue weighted by Gasteiger charge is -2.06. The highest BCUT2D eigenvalue weighted by Gasteiger charge is 2.10. The number of benzene rings is 1. The summed E-state index contributed by atoms with van der Waals surface area (Å²) in [4.78, 5) is 10.4. The zero-order valence-corrected chi connectivity index (χ0v) is 11.5. The number of aryl methyl sites for hydroxylation is 2. The molecule has 0 unspecified atom stereocenters. The third-order valence-electron chi connectivity index (χ3n) is 3.18. The van der Waals surface area contributed by atoms with E-state index in [0.717, 1.165) is 29.8 Å². The molecule has 0 aliphatic rings. The summed E-state index contributed by atoms with van der Waals surface area (Å²) in [6.07, 6.45) is 2.65. The highest BCUT2D eigenvalue weighted by molar-refractivity contribution is 5.66. The van der Waals surface area contributed by atoms with Gasteiger partial charge in [-0.2, -0.15) is 0 Å². The zero-order chi connectivity index (χ0) is 14.4. The number of carbonyl (C=O) groups is 1. The number of hydrogen-bond donors (Lipinski definition) is 1. The summed E-state index contributed by atoms with van der Waals surface area (Å²) in [5, 5.41) is 20.4. The van der Waals surface area contributed by atoms with Crippen molar-refractivity contribution in [2.24, 2.45) is 0 Å². The summed E-state index contributed by atoms with van der Waals surface area (Å²) >= 11 is 0. The fourth-order valence-electron chi connectivity index (χ4n) is 2.09. The van der Waals surface area contributed by atoms with E-state index in [1.54, 1.807) is 4.68 Å². The molecule has 1 heterocycles. The van der Waals surface area contributed by atoms with Crippen molar-refractivity contribution in [3.05, 3.63) is 29.8 Å². The van der Waals surface area contributed by atoms with Gasteiger partial charge in [0, 0.05) is 18.5 Å². The Balaban J connectivity index is 1.96. The number of carboxylic acids is 1. The lowest BCUT2D eigenvalue weighted by Crippen LogP contribution is -2.04. The van der Waals surface area contributed by atoms with Crippen LogP contribution in [0.2, 0.25) is 0 Å². The molecule has 0 amide bonds. The van der Waals surface area contributed by atoms with Crippen LogP contribution in [0.3, 0.4) is 0 Å². The van der Waals surface area contributed by atoms with E-state index in [2.05, 4.69) is 15.5 Å². The summed E-state index contributed by atoms with van der Waals surface area (Å²) in [5.41, 5.74) is 2.16. The summed E-state index contributed by atoms with van der Waals surface area (Å²) in [7, 11) is 0. The van der Waals surface area contributed by atoms with Crippen molar-refractivity contribution >= 4 is 5.97 Å². The van der Waals surface area contributed by atoms with Crippen LogP contribution in [0, 0.1) is 6.92 Å². The van der Waals surface area contributed by atoms with Gasteiger partial charge in [0.25, 0.3) is 0 Å². The number of aliphatic carboxylic acids is 1. The van der Waals surface area contributed by atoms with Crippen LogP contribution in [-0.4, -0.2) is 31.3 Å². The van der Waals surface area contributed by atoms with Crippen molar-refractivity contribution < 1.29 is 9.90 Å². The van der Waals surface area contributed by atoms with E-state index in [-0.39, 0.29) is 6.42 Å². The lowest BCUT2D eigenvalue weighted by molar-refractivity contribution is -0.137. The predicted octanol–water partition coefficient (Wildman–Crippen LogP) is 2.29. The number of aromatic nitrogens is 4. The van der Waals surface area contributed by atoms with Gasteiger partial charge in [-0.15, -0.1) is 5.10 Å². The van der Waals surface area contributed by atoms with Crippen molar-refractivity contribution in [2.75, 3.05) is 0 Å². The van der Waals surface area contributed by atoms with Crippen LogP contribution in [0.1, 0.15) is 31.2 Å². The summed E-state index contributed by atoms with van der Waals surface area (Å²) < 4.78 is 1.78. The SMILES string of the molecule is Cc1ccccc1-c1nnnn1CCCCCC(=O)O. The van der Waals surface area contributed by atoms with Crippen molar-refractivity contribution in [1.82, 2.24) is 20.2 Å². The number of nitrogens with zero attached hydrogens (tertiary/aromatic N) is 4. The molecular formula is C14H18N4O2. The van der Waals surface area contributed by atoms with E-state index < -0.39 is 5.97 Å². The maximum absolute atomic E-state index is 10.4. The first-order valence-corrected chi connectivity index (χ1v) is 6.72. The van der Waals surface area contributed by atoms with Crippen molar-refractivity contribution in [3.8, 4) is 11.4 Å². The molecule has 20 heavy (non-hydrogen) atoms. The van der Waals surface area contributed by atoms with Crippen LogP contribution in [0.25, 0.3) is 11.4 Å². The Morgan fingerprint density at radius 2 is 2.05 bits per heavy atom. The van der Waals surface area contributed by atoms with Crippen LogP contribution in [0.4, 0.5) is 0 Å². The Kier molecular flexibility index (Phi) is 4.81. The molecular weight excluding hydrogens is 256 g/mol. The van der Waals surface area contributed by atoms with E-state index in [4.69, 9.17) is 5.11 Å². The van der Waals surface area contributed by atoms with Gasteiger partial charge in [0.1, 0.15) is 0 Å². The molecule has 0 aliphatic heterocycles. The molecule has 0 fully saturated rings. The number of unbranched alkanes of at least 4 members (excludes halogenated alkanes) is 2. The third-order valence-corrected chi connectivity index (χ3v) is 3.18. The Bertz CT molecular complexity index is 580. The molecule has 0 spiro atoms. The smallest absolute Gasteiger partial charge is 0.303 e. The lowest BCUT2D eigenvalue weighted by atomic mass is 10.1. The van der Waals surface area contributed by atoms with Crippen molar-refractivity contribution in [1.29, 1.82) is 0 Å². The van der Waals surface area contributed by atoms with Gasteiger partial charge < -0.3 is 5.11 Å². The monoisotopic (exact) mass is 274 g/mol. The minimum Gasteiger partial charge on any atom is -0.481 e. The molecule has 2 rings (SSSR count). The maximum atomic E-state index is 10.4. The highest BCUT2D eigenvalue weighted by atomic mass is 16.4. The second-order valence-corrected chi connectivity index (χ2v) is 4.74.